The van der Waals surface area contributed by atoms with Gasteiger partial charge in [-0.1, -0.05) is 0 Å². The SMILES string of the molecule is O=C(O)c1ccc(OC(F)F)c(CC2CC2)c1. The fourth-order valence-corrected chi connectivity index (χ4v) is 1.72. The Labute approximate surface area is 97.0 Å². The zero-order valence-electron chi connectivity index (χ0n) is 9.03. The highest BCUT2D eigenvalue weighted by Gasteiger charge is 2.24. The smallest absolute Gasteiger partial charge is 0.387 e. The molecule has 0 atom stereocenters. The predicted molar refractivity (Wildman–Crippen MR) is 56.5 cm³/mol. The van der Waals surface area contributed by atoms with Gasteiger partial charge in [-0.2, -0.15) is 8.78 Å². The van der Waals surface area contributed by atoms with E-state index in [9.17, 15) is 13.6 Å². The van der Waals surface area contributed by atoms with Crippen LogP contribution in [0.25, 0.3) is 0 Å². The first-order valence-corrected chi connectivity index (χ1v) is 5.37. The summed E-state index contributed by atoms with van der Waals surface area (Å²) in [4.78, 5) is 10.8. The van der Waals surface area contributed by atoms with Gasteiger partial charge in [0.15, 0.2) is 0 Å². The van der Waals surface area contributed by atoms with E-state index in [-0.39, 0.29) is 11.3 Å². The third-order valence-electron chi connectivity index (χ3n) is 2.73. The van der Waals surface area contributed by atoms with Gasteiger partial charge in [-0.15, -0.1) is 0 Å². The molecule has 1 aliphatic carbocycles. The molecule has 1 aliphatic rings. The number of benzene rings is 1. The van der Waals surface area contributed by atoms with Crippen molar-refractivity contribution in [3.05, 3.63) is 29.3 Å². The number of halogens is 2. The van der Waals surface area contributed by atoms with Gasteiger partial charge >= 0.3 is 12.6 Å². The molecule has 0 saturated heterocycles. The summed E-state index contributed by atoms with van der Waals surface area (Å²) in [6.07, 6.45) is 2.72. The van der Waals surface area contributed by atoms with Crippen LogP contribution in [-0.2, 0) is 6.42 Å². The molecule has 92 valence electrons. The number of carboxylic acids is 1. The average molecular weight is 242 g/mol. The molecule has 0 spiro atoms. The largest absolute Gasteiger partial charge is 0.478 e. The van der Waals surface area contributed by atoms with Gasteiger partial charge in [0.2, 0.25) is 0 Å². The second-order valence-corrected chi connectivity index (χ2v) is 4.15. The van der Waals surface area contributed by atoms with Crippen molar-refractivity contribution < 1.29 is 23.4 Å². The molecule has 1 aromatic rings. The number of hydrogen-bond donors (Lipinski definition) is 1. The summed E-state index contributed by atoms with van der Waals surface area (Å²) in [5.41, 5.74) is 0.648. The molecule has 0 unspecified atom stereocenters. The van der Waals surface area contributed by atoms with Gasteiger partial charge in [-0.25, -0.2) is 4.79 Å². The third-order valence-corrected chi connectivity index (χ3v) is 2.73. The normalized spacial score (nSPS) is 15.0. The van der Waals surface area contributed by atoms with Gasteiger partial charge in [0.1, 0.15) is 5.75 Å². The fourth-order valence-electron chi connectivity index (χ4n) is 1.72. The first-order valence-electron chi connectivity index (χ1n) is 5.37. The van der Waals surface area contributed by atoms with Crippen LogP contribution in [0.4, 0.5) is 8.78 Å². The molecule has 17 heavy (non-hydrogen) atoms. The van der Waals surface area contributed by atoms with Crippen LogP contribution in [0, 0.1) is 5.92 Å². The number of aromatic carboxylic acids is 1. The summed E-state index contributed by atoms with van der Waals surface area (Å²) in [5.74, 6) is -0.512. The zero-order chi connectivity index (χ0) is 12.4. The lowest BCUT2D eigenvalue weighted by Gasteiger charge is -2.11. The third kappa shape index (κ3) is 3.15. The van der Waals surface area contributed by atoms with Crippen LogP contribution in [0.5, 0.6) is 5.75 Å². The second-order valence-electron chi connectivity index (χ2n) is 4.15. The molecule has 0 amide bonds. The molecule has 1 N–H and O–H groups in total. The Bertz CT molecular complexity index is 428. The maximum Gasteiger partial charge on any atom is 0.387 e. The first kappa shape index (κ1) is 11.8. The quantitative estimate of drug-likeness (QED) is 0.863. The van der Waals surface area contributed by atoms with Crippen LogP contribution in [0.2, 0.25) is 0 Å². The van der Waals surface area contributed by atoms with E-state index in [2.05, 4.69) is 4.74 Å². The second kappa shape index (κ2) is 4.69. The van der Waals surface area contributed by atoms with E-state index in [0.717, 1.165) is 12.8 Å². The van der Waals surface area contributed by atoms with E-state index in [1.165, 1.54) is 18.2 Å². The van der Waals surface area contributed by atoms with Crippen LogP contribution in [-0.4, -0.2) is 17.7 Å². The molecule has 0 bridgehead atoms. The van der Waals surface area contributed by atoms with E-state index in [4.69, 9.17) is 5.11 Å². The minimum absolute atomic E-state index is 0.0805. The summed E-state index contributed by atoms with van der Waals surface area (Å²) < 4.78 is 28.7. The fraction of sp³-hybridized carbons (Fsp3) is 0.417. The highest BCUT2D eigenvalue weighted by molar-refractivity contribution is 5.88. The average Bonchev–Trinajstić information content (AvgIpc) is 3.03. The summed E-state index contributed by atoms with van der Waals surface area (Å²) in [5, 5.41) is 8.84. The van der Waals surface area contributed by atoms with Crippen molar-refractivity contribution in [2.45, 2.75) is 25.9 Å². The Morgan fingerprint density at radius 2 is 2.18 bits per heavy atom. The topological polar surface area (TPSA) is 46.5 Å². The number of rotatable bonds is 5. The molecule has 1 aromatic carbocycles. The first-order chi connectivity index (χ1) is 8.06. The molecule has 3 nitrogen and oxygen atoms in total. The molecular weight excluding hydrogens is 230 g/mol. The number of carbonyl (C=O) groups is 1. The standard InChI is InChI=1S/C12H12F2O3/c13-12(14)17-10-4-3-8(11(15)16)6-9(10)5-7-1-2-7/h3-4,6-7,12H,1-2,5H2,(H,15,16). The van der Waals surface area contributed by atoms with E-state index < -0.39 is 12.6 Å². The van der Waals surface area contributed by atoms with Gasteiger partial charge < -0.3 is 9.84 Å². The number of hydrogen-bond acceptors (Lipinski definition) is 2. The van der Waals surface area contributed by atoms with E-state index in [1.807, 2.05) is 0 Å². The lowest BCUT2D eigenvalue weighted by atomic mass is 10.0. The maximum atomic E-state index is 12.2. The van der Waals surface area contributed by atoms with Crippen LogP contribution in [0.3, 0.4) is 0 Å². The predicted octanol–water partition coefficient (Wildman–Crippen LogP) is 2.94. The molecule has 5 heteroatoms. The van der Waals surface area contributed by atoms with E-state index in [1.54, 1.807) is 0 Å². The van der Waals surface area contributed by atoms with Crippen molar-refractivity contribution in [1.29, 1.82) is 0 Å². The van der Waals surface area contributed by atoms with Crippen LogP contribution in [0.1, 0.15) is 28.8 Å². The van der Waals surface area contributed by atoms with Gasteiger partial charge in [-0.3, -0.25) is 0 Å². The number of alkyl halides is 2. The minimum atomic E-state index is -2.89. The van der Waals surface area contributed by atoms with E-state index >= 15 is 0 Å². The Balaban J connectivity index is 2.25. The maximum absolute atomic E-state index is 12.2. The highest BCUT2D eigenvalue weighted by atomic mass is 19.3. The molecule has 0 aromatic heterocycles. The number of ether oxygens (including phenoxy) is 1. The highest BCUT2D eigenvalue weighted by Crippen LogP contribution is 2.36. The Hall–Kier alpha value is -1.65. The molecule has 0 heterocycles. The van der Waals surface area contributed by atoms with Crippen LogP contribution >= 0.6 is 0 Å². The molecule has 0 aliphatic heterocycles. The van der Waals surface area contributed by atoms with Crippen molar-refractivity contribution in [1.82, 2.24) is 0 Å². The molecule has 2 rings (SSSR count). The van der Waals surface area contributed by atoms with Gasteiger partial charge in [0, 0.05) is 0 Å². The number of carboxylic acid groups (broad SMARTS) is 1. The minimum Gasteiger partial charge on any atom is -0.478 e. The van der Waals surface area contributed by atoms with Crippen molar-refractivity contribution in [2.75, 3.05) is 0 Å². The van der Waals surface area contributed by atoms with Crippen LogP contribution in [0.15, 0.2) is 18.2 Å². The Morgan fingerprint density at radius 1 is 1.47 bits per heavy atom. The van der Waals surface area contributed by atoms with Gasteiger partial charge in [0.25, 0.3) is 0 Å². The molecular formula is C12H12F2O3. The van der Waals surface area contributed by atoms with Crippen molar-refractivity contribution in [3.63, 3.8) is 0 Å². The van der Waals surface area contributed by atoms with Crippen molar-refractivity contribution in [2.24, 2.45) is 5.92 Å². The monoisotopic (exact) mass is 242 g/mol. The lowest BCUT2D eigenvalue weighted by molar-refractivity contribution is -0.0504. The molecule has 1 saturated carbocycles. The Morgan fingerprint density at radius 3 is 2.71 bits per heavy atom. The summed E-state index contributed by atoms with van der Waals surface area (Å²) >= 11 is 0. The summed E-state index contributed by atoms with van der Waals surface area (Å²) in [6.45, 7) is -2.89. The molecule has 1 fully saturated rings. The summed E-state index contributed by atoms with van der Waals surface area (Å²) in [6, 6.07) is 3.99. The van der Waals surface area contributed by atoms with Crippen LogP contribution < -0.4 is 4.74 Å². The van der Waals surface area contributed by atoms with Gasteiger partial charge in [-0.05, 0) is 48.9 Å². The van der Waals surface area contributed by atoms with Crippen molar-refractivity contribution >= 4 is 5.97 Å². The summed E-state index contributed by atoms with van der Waals surface area (Å²) in [7, 11) is 0. The van der Waals surface area contributed by atoms with Gasteiger partial charge in [0.05, 0.1) is 5.56 Å². The zero-order valence-corrected chi connectivity index (χ0v) is 9.03. The van der Waals surface area contributed by atoms with E-state index in [0.29, 0.717) is 17.9 Å². The van der Waals surface area contributed by atoms with Crippen molar-refractivity contribution in [3.8, 4) is 5.75 Å². The molecule has 0 radical (unpaired) electrons. The lowest BCUT2D eigenvalue weighted by Crippen LogP contribution is -2.06. The Kier molecular flexibility index (Phi) is 3.26.